The summed E-state index contributed by atoms with van der Waals surface area (Å²) in [6, 6.07) is 20.9. The van der Waals surface area contributed by atoms with Crippen LogP contribution in [0, 0.1) is 0 Å². The quantitative estimate of drug-likeness (QED) is 0.152. The Kier molecular flexibility index (Phi) is 10.0. The van der Waals surface area contributed by atoms with Gasteiger partial charge in [-0.2, -0.15) is 4.31 Å². The minimum Gasteiger partial charge on any atom is -0.460 e. The smallest absolute Gasteiger partial charge is 0.343 e. The van der Waals surface area contributed by atoms with Gasteiger partial charge in [-0.1, -0.05) is 30.3 Å². The molecule has 0 fully saturated rings. The maximum absolute atomic E-state index is 13.6. The van der Waals surface area contributed by atoms with Crippen LogP contribution in [-0.4, -0.2) is 42.8 Å². The molecule has 0 aromatic heterocycles. The highest BCUT2D eigenvalue weighted by molar-refractivity contribution is 7.89. The molecule has 40 heavy (non-hydrogen) atoms. The highest BCUT2D eigenvalue weighted by Crippen LogP contribution is 2.22. The third-order valence-corrected chi connectivity index (χ3v) is 7.30. The summed E-state index contributed by atoms with van der Waals surface area (Å²) in [6.07, 6.45) is 0.364. The van der Waals surface area contributed by atoms with E-state index in [9.17, 15) is 18.0 Å². The van der Waals surface area contributed by atoms with Crippen LogP contribution in [0.15, 0.2) is 88.8 Å². The first-order valence-electron chi connectivity index (χ1n) is 12.6. The second kappa shape index (κ2) is 13.2. The average Bonchev–Trinajstić information content (AvgIpc) is 2.88. The fourth-order valence-corrected chi connectivity index (χ4v) is 5.15. The third kappa shape index (κ3) is 9.21. The number of nitrogens with zero attached hydrogens (tertiary/aromatic N) is 2. The lowest BCUT2D eigenvalue weighted by Crippen LogP contribution is -2.32. The van der Waals surface area contributed by atoms with Crippen molar-refractivity contribution >= 4 is 33.6 Å². The molecule has 0 spiro atoms. The number of ether oxygens (including phenoxy) is 2. The zero-order valence-electron chi connectivity index (χ0n) is 22.7. The fourth-order valence-electron chi connectivity index (χ4n) is 3.68. The molecule has 0 atom stereocenters. The van der Waals surface area contributed by atoms with E-state index in [2.05, 4.69) is 4.99 Å². The summed E-state index contributed by atoms with van der Waals surface area (Å²) < 4.78 is 39.2. The first kappa shape index (κ1) is 30.3. The number of benzene rings is 3. The lowest BCUT2D eigenvalue weighted by Gasteiger charge is -2.23. The zero-order valence-corrected chi connectivity index (χ0v) is 23.6. The Morgan fingerprint density at radius 2 is 1.52 bits per heavy atom. The first-order valence-corrected chi connectivity index (χ1v) is 14.1. The SMILES string of the molecule is CC(C)(C)OC(=O)CCCN(Cc1ccccc1)S(=O)(=O)c1ccc(C(=O)Oc2ccc(N=C(N)N)cc2)cc1. The molecular weight excluding hydrogens is 532 g/mol. The number of carbonyl (C=O) groups is 2. The average molecular weight is 567 g/mol. The molecule has 11 heteroatoms. The van der Waals surface area contributed by atoms with Gasteiger partial charge >= 0.3 is 11.9 Å². The van der Waals surface area contributed by atoms with Gasteiger partial charge in [-0.05, 0) is 81.3 Å². The number of hydrogen-bond acceptors (Lipinski definition) is 7. The van der Waals surface area contributed by atoms with Gasteiger partial charge in [0.05, 0.1) is 16.1 Å². The number of guanidine groups is 1. The second-order valence-corrected chi connectivity index (χ2v) is 11.9. The lowest BCUT2D eigenvalue weighted by atomic mass is 10.2. The molecule has 10 nitrogen and oxygen atoms in total. The molecule has 4 N–H and O–H groups in total. The molecule has 0 saturated heterocycles. The van der Waals surface area contributed by atoms with Crippen molar-refractivity contribution in [1.82, 2.24) is 4.31 Å². The van der Waals surface area contributed by atoms with Gasteiger partial charge in [0.15, 0.2) is 5.96 Å². The highest BCUT2D eigenvalue weighted by atomic mass is 32.2. The number of nitrogens with two attached hydrogens (primary N) is 2. The molecule has 0 aliphatic carbocycles. The van der Waals surface area contributed by atoms with Gasteiger partial charge < -0.3 is 20.9 Å². The fraction of sp³-hybridized carbons (Fsp3) is 0.276. The Morgan fingerprint density at radius 1 is 0.900 bits per heavy atom. The van der Waals surface area contributed by atoms with Crippen molar-refractivity contribution in [2.75, 3.05) is 6.54 Å². The summed E-state index contributed by atoms with van der Waals surface area (Å²) in [4.78, 5) is 28.7. The normalized spacial score (nSPS) is 11.6. The van der Waals surface area contributed by atoms with Crippen LogP contribution in [0.25, 0.3) is 0 Å². The second-order valence-electron chi connectivity index (χ2n) is 9.96. The number of carbonyl (C=O) groups excluding carboxylic acids is 2. The maximum atomic E-state index is 13.6. The van der Waals surface area contributed by atoms with E-state index in [4.69, 9.17) is 20.9 Å². The minimum atomic E-state index is -3.95. The molecule has 0 unspecified atom stereocenters. The summed E-state index contributed by atoms with van der Waals surface area (Å²) in [5.74, 6) is -0.865. The van der Waals surface area contributed by atoms with Crippen molar-refractivity contribution in [2.24, 2.45) is 16.5 Å². The van der Waals surface area contributed by atoms with Gasteiger partial charge in [-0.3, -0.25) is 4.79 Å². The molecular formula is C29H34N4O6S. The summed E-state index contributed by atoms with van der Waals surface area (Å²) in [5, 5.41) is 0. The van der Waals surface area contributed by atoms with Crippen LogP contribution in [0.1, 0.15) is 49.5 Å². The predicted octanol–water partition coefficient (Wildman–Crippen LogP) is 4.12. The highest BCUT2D eigenvalue weighted by Gasteiger charge is 2.26. The van der Waals surface area contributed by atoms with Crippen LogP contribution >= 0.6 is 0 Å². The number of esters is 2. The molecule has 0 saturated carbocycles. The lowest BCUT2D eigenvalue weighted by molar-refractivity contribution is -0.154. The molecule has 3 aromatic rings. The van der Waals surface area contributed by atoms with Gasteiger partial charge in [-0.25, -0.2) is 18.2 Å². The number of aliphatic imine (C=N–C) groups is 1. The van der Waals surface area contributed by atoms with Crippen LogP contribution in [0.5, 0.6) is 5.75 Å². The number of rotatable bonds is 11. The molecule has 0 aliphatic heterocycles. The zero-order chi connectivity index (χ0) is 29.3. The molecule has 3 aromatic carbocycles. The molecule has 0 radical (unpaired) electrons. The van der Waals surface area contributed by atoms with Crippen LogP contribution in [0.4, 0.5) is 5.69 Å². The van der Waals surface area contributed by atoms with Crippen LogP contribution in [0.2, 0.25) is 0 Å². The van der Waals surface area contributed by atoms with Gasteiger partial charge in [0.2, 0.25) is 10.0 Å². The van der Waals surface area contributed by atoms with E-state index in [0.717, 1.165) is 5.56 Å². The van der Waals surface area contributed by atoms with Crippen molar-refractivity contribution in [3.05, 3.63) is 90.0 Å². The van der Waals surface area contributed by atoms with Crippen molar-refractivity contribution in [3.8, 4) is 5.75 Å². The topological polar surface area (TPSA) is 154 Å². The Morgan fingerprint density at radius 3 is 2.10 bits per heavy atom. The van der Waals surface area contributed by atoms with Crippen LogP contribution < -0.4 is 16.2 Å². The van der Waals surface area contributed by atoms with Crippen LogP contribution in [0.3, 0.4) is 0 Å². The van der Waals surface area contributed by atoms with E-state index in [1.807, 2.05) is 30.3 Å². The molecule has 212 valence electrons. The summed E-state index contributed by atoms with van der Waals surface area (Å²) in [6.45, 7) is 5.57. The van der Waals surface area contributed by atoms with Gasteiger partial charge in [0.25, 0.3) is 0 Å². The van der Waals surface area contributed by atoms with E-state index in [0.29, 0.717) is 5.69 Å². The number of sulfonamides is 1. The van der Waals surface area contributed by atoms with Crippen LogP contribution in [-0.2, 0) is 26.1 Å². The maximum Gasteiger partial charge on any atom is 0.343 e. The standard InChI is InChI=1S/C29H34N4O6S/c1-29(2,3)39-26(34)10-7-19-33(20-21-8-5-4-6-9-21)40(36,37)25-17-11-22(12-18-25)27(35)38-24-15-13-23(14-16-24)32-28(30)31/h4-6,8-9,11-18H,7,10,19-20H2,1-3H3,(H4,30,31,32). The molecule has 0 heterocycles. The van der Waals surface area contributed by atoms with E-state index < -0.39 is 27.6 Å². The van der Waals surface area contributed by atoms with Gasteiger partial charge in [0.1, 0.15) is 11.4 Å². The summed E-state index contributed by atoms with van der Waals surface area (Å²) >= 11 is 0. The minimum absolute atomic E-state index is 0.0128. The Hall–Kier alpha value is -4.22. The molecule has 0 aliphatic rings. The Balaban J connectivity index is 1.73. The first-order chi connectivity index (χ1) is 18.8. The van der Waals surface area contributed by atoms with E-state index in [-0.39, 0.29) is 48.1 Å². The Labute approximate surface area is 234 Å². The molecule has 3 rings (SSSR count). The van der Waals surface area contributed by atoms with E-state index >= 15 is 0 Å². The largest absolute Gasteiger partial charge is 0.460 e. The van der Waals surface area contributed by atoms with Gasteiger partial charge in [0, 0.05) is 19.5 Å². The van der Waals surface area contributed by atoms with Crippen molar-refractivity contribution in [3.63, 3.8) is 0 Å². The monoisotopic (exact) mass is 566 g/mol. The molecule has 0 bridgehead atoms. The molecule has 0 amide bonds. The number of hydrogen-bond donors (Lipinski definition) is 2. The van der Waals surface area contributed by atoms with Gasteiger partial charge in [-0.15, -0.1) is 0 Å². The third-order valence-electron chi connectivity index (χ3n) is 5.44. The summed E-state index contributed by atoms with van der Waals surface area (Å²) in [7, 11) is -3.95. The predicted molar refractivity (Wildman–Crippen MR) is 152 cm³/mol. The summed E-state index contributed by atoms with van der Waals surface area (Å²) in [5.41, 5.74) is 11.6. The Bertz CT molecular complexity index is 1430. The van der Waals surface area contributed by atoms with E-state index in [1.54, 1.807) is 32.9 Å². The van der Waals surface area contributed by atoms with Crippen molar-refractivity contribution in [2.45, 2.75) is 50.7 Å². The van der Waals surface area contributed by atoms with E-state index in [1.165, 1.54) is 40.7 Å². The van der Waals surface area contributed by atoms with Crippen molar-refractivity contribution < 1.29 is 27.5 Å². The van der Waals surface area contributed by atoms with Crippen molar-refractivity contribution in [1.29, 1.82) is 0 Å².